The molecular formula is C38H20N4S. The van der Waals surface area contributed by atoms with Crippen LogP contribution in [0.5, 0.6) is 0 Å². The molecule has 3 heterocycles. The summed E-state index contributed by atoms with van der Waals surface area (Å²) in [4.78, 5) is 0. The van der Waals surface area contributed by atoms with Crippen molar-refractivity contribution < 1.29 is 0 Å². The van der Waals surface area contributed by atoms with E-state index in [4.69, 9.17) is 0 Å². The molecule has 4 nitrogen and oxygen atoms in total. The molecular weight excluding hydrogens is 545 g/mol. The Hall–Kier alpha value is -5.88. The topological polar surface area (TPSA) is 57.4 Å². The monoisotopic (exact) mass is 564 g/mol. The van der Waals surface area contributed by atoms with Crippen LogP contribution in [0.2, 0.25) is 0 Å². The molecule has 5 heteroatoms. The maximum atomic E-state index is 10.6. The van der Waals surface area contributed by atoms with Crippen LogP contribution in [0, 0.1) is 22.7 Å². The van der Waals surface area contributed by atoms with Crippen LogP contribution in [-0.4, -0.2) is 9.13 Å². The van der Waals surface area contributed by atoms with Crippen molar-refractivity contribution in [1.82, 2.24) is 9.13 Å². The molecule has 9 aromatic rings. The third-order valence-corrected chi connectivity index (χ3v) is 9.80. The number of hydrogen-bond donors (Lipinski definition) is 0. The normalized spacial score (nSPS) is 11.7. The molecule has 0 saturated carbocycles. The fourth-order valence-corrected chi connectivity index (χ4v) is 8.06. The first-order valence-electron chi connectivity index (χ1n) is 14.1. The van der Waals surface area contributed by atoms with Gasteiger partial charge in [-0.05, 0) is 42.5 Å². The maximum absolute atomic E-state index is 10.6. The van der Waals surface area contributed by atoms with Gasteiger partial charge in [-0.1, -0.05) is 78.9 Å². The fourth-order valence-electron chi connectivity index (χ4n) is 6.80. The summed E-state index contributed by atoms with van der Waals surface area (Å²) >= 11 is 1.80. The fraction of sp³-hybridized carbons (Fsp3) is 0. The van der Waals surface area contributed by atoms with E-state index in [2.05, 4.69) is 100 Å². The van der Waals surface area contributed by atoms with Crippen molar-refractivity contribution in [2.75, 3.05) is 0 Å². The summed E-state index contributed by atoms with van der Waals surface area (Å²) in [5, 5.41) is 28.1. The Morgan fingerprint density at radius 2 is 0.953 bits per heavy atom. The number of benzene rings is 6. The smallest absolute Gasteiger partial charge is 0.101 e. The zero-order valence-electron chi connectivity index (χ0n) is 22.7. The van der Waals surface area contributed by atoms with E-state index in [0.29, 0.717) is 22.5 Å². The van der Waals surface area contributed by atoms with E-state index >= 15 is 0 Å². The van der Waals surface area contributed by atoms with E-state index in [9.17, 15) is 10.5 Å². The molecule has 0 unspecified atom stereocenters. The summed E-state index contributed by atoms with van der Waals surface area (Å²) in [5.41, 5.74) is 6.45. The number of aromatic nitrogens is 2. The van der Waals surface area contributed by atoms with Crippen LogP contribution in [0.25, 0.3) is 75.2 Å². The predicted molar refractivity (Wildman–Crippen MR) is 177 cm³/mol. The van der Waals surface area contributed by atoms with Gasteiger partial charge in [0.05, 0.1) is 44.6 Å². The van der Waals surface area contributed by atoms with Gasteiger partial charge >= 0.3 is 0 Å². The number of thiophene rings is 1. The second-order valence-electron chi connectivity index (χ2n) is 10.8. The lowest BCUT2D eigenvalue weighted by Gasteiger charge is -2.15. The van der Waals surface area contributed by atoms with Gasteiger partial charge in [-0.15, -0.1) is 11.3 Å². The van der Waals surface area contributed by atoms with Crippen molar-refractivity contribution in [2.24, 2.45) is 0 Å². The molecule has 0 fully saturated rings. The van der Waals surface area contributed by atoms with E-state index in [1.165, 1.54) is 25.6 Å². The Morgan fingerprint density at radius 1 is 0.465 bits per heavy atom. The highest BCUT2D eigenvalue weighted by atomic mass is 32.1. The number of para-hydroxylation sites is 3. The molecule has 0 spiro atoms. The number of fused-ring (bicyclic) bond motifs is 10. The molecule has 0 atom stereocenters. The van der Waals surface area contributed by atoms with E-state index in [-0.39, 0.29) is 0 Å². The zero-order valence-corrected chi connectivity index (χ0v) is 23.6. The standard InChI is InChI=1S/C38H20N4S/c39-21-23-20-35(24(22-40)19-34(23)41-30-13-5-1-9-25(30)26-10-2-6-14-31(26)41)42-32-15-7-3-12-29(32)37-33(42)18-17-28-27-11-4-8-16-36(27)43-38(28)37/h1-20H. The molecule has 198 valence electrons. The van der Waals surface area contributed by atoms with E-state index in [0.717, 1.165) is 38.2 Å². The van der Waals surface area contributed by atoms with Crippen molar-refractivity contribution in [2.45, 2.75) is 0 Å². The minimum absolute atomic E-state index is 0.509. The lowest BCUT2D eigenvalue weighted by atomic mass is 10.1. The van der Waals surface area contributed by atoms with Crippen molar-refractivity contribution in [3.63, 3.8) is 0 Å². The Balaban J connectivity index is 1.39. The first-order chi connectivity index (χ1) is 21.3. The number of rotatable bonds is 2. The van der Waals surface area contributed by atoms with Gasteiger partial charge in [-0.25, -0.2) is 0 Å². The molecule has 0 amide bonds. The lowest BCUT2D eigenvalue weighted by molar-refractivity contribution is 1.12. The van der Waals surface area contributed by atoms with Crippen LogP contribution in [0.1, 0.15) is 11.1 Å². The molecule has 0 aliphatic carbocycles. The van der Waals surface area contributed by atoms with Gasteiger partial charge in [0.25, 0.3) is 0 Å². The molecule has 3 aromatic heterocycles. The Kier molecular flexibility index (Phi) is 4.87. The third-order valence-electron chi connectivity index (χ3n) is 8.60. The highest BCUT2D eigenvalue weighted by Gasteiger charge is 2.22. The maximum Gasteiger partial charge on any atom is 0.101 e. The van der Waals surface area contributed by atoms with Gasteiger partial charge in [0.2, 0.25) is 0 Å². The quantitative estimate of drug-likeness (QED) is 0.210. The summed E-state index contributed by atoms with van der Waals surface area (Å²) in [6, 6.07) is 46.4. The summed E-state index contributed by atoms with van der Waals surface area (Å²) in [6.45, 7) is 0. The van der Waals surface area contributed by atoms with Gasteiger partial charge in [-0.3, -0.25) is 0 Å². The predicted octanol–water partition coefficient (Wildman–Crippen LogP) is 9.99. The van der Waals surface area contributed by atoms with Crippen molar-refractivity contribution in [3.8, 4) is 23.5 Å². The average Bonchev–Trinajstić information content (AvgIpc) is 3.72. The van der Waals surface area contributed by atoms with E-state index < -0.39 is 0 Å². The third kappa shape index (κ3) is 3.17. The van der Waals surface area contributed by atoms with Gasteiger partial charge in [0.1, 0.15) is 12.1 Å². The summed E-state index contributed by atoms with van der Waals surface area (Å²) in [7, 11) is 0. The number of hydrogen-bond acceptors (Lipinski definition) is 3. The molecule has 0 N–H and O–H groups in total. The minimum atomic E-state index is 0.509. The molecule has 0 aliphatic rings. The highest BCUT2D eigenvalue weighted by molar-refractivity contribution is 7.26. The van der Waals surface area contributed by atoms with Crippen LogP contribution < -0.4 is 0 Å². The average molecular weight is 565 g/mol. The second kappa shape index (κ2) is 8.81. The summed E-state index contributed by atoms with van der Waals surface area (Å²) in [5.74, 6) is 0. The lowest BCUT2D eigenvalue weighted by Crippen LogP contribution is -2.04. The van der Waals surface area contributed by atoms with Crippen LogP contribution in [-0.2, 0) is 0 Å². The summed E-state index contributed by atoms with van der Waals surface area (Å²) in [6.07, 6.45) is 0. The SMILES string of the molecule is N#Cc1cc(-n2c3ccccc3c3c4sc5ccccc5c4ccc32)c(C#N)cc1-n1c2ccccc2c2ccccc21. The van der Waals surface area contributed by atoms with Gasteiger partial charge in [0.15, 0.2) is 0 Å². The van der Waals surface area contributed by atoms with Gasteiger partial charge < -0.3 is 9.13 Å². The minimum Gasteiger partial charge on any atom is -0.308 e. The Bertz CT molecular complexity index is 2650. The largest absolute Gasteiger partial charge is 0.308 e. The molecule has 0 radical (unpaired) electrons. The Morgan fingerprint density at radius 3 is 1.56 bits per heavy atom. The van der Waals surface area contributed by atoms with Crippen LogP contribution in [0.4, 0.5) is 0 Å². The van der Waals surface area contributed by atoms with Crippen molar-refractivity contribution in [3.05, 3.63) is 132 Å². The zero-order chi connectivity index (χ0) is 28.7. The van der Waals surface area contributed by atoms with Crippen molar-refractivity contribution >= 4 is 75.1 Å². The molecule has 0 bridgehead atoms. The van der Waals surface area contributed by atoms with Crippen molar-refractivity contribution in [1.29, 1.82) is 10.5 Å². The highest BCUT2D eigenvalue weighted by Crippen LogP contribution is 2.44. The molecule has 0 saturated heterocycles. The van der Waals surface area contributed by atoms with Gasteiger partial charge in [-0.2, -0.15) is 10.5 Å². The van der Waals surface area contributed by atoms with E-state index in [1.54, 1.807) is 11.3 Å². The Labute approximate surface area is 250 Å². The van der Waals surface area contributed by atoms with Crippen LogP contribution in [0.15, 0.2) is 121 Å². The van der Waals surface area contributed by atoms with Crippen LogP contribution in [0.3, 0.4) is 0 Å². The number of nitriles is 2. The second-order valence-corrected chi connectivity index (χ2v) is 11.8. The van der Waals surface area contributed by atoms with Crippen LogP contribution >= 0.6 is 11.3 Å². The first kappa shape index (κ1) is 23.8. The molecule has 9 rings (SSSR count). The summed E-state index contributed by atoms with van der Waals surface area (Å²) < 4.78 is 6.75. The molecule has 43 heavy (non-hydrogen) atoms. The van der Waals surface area contributed by atoms with E-state index in [1.807, 2.05) is 42.5 Å². The van der Waals surface area contributed by atoms with Gasteiger partial charge in [0, 0.05) is 41.7 Å². The molecule has 6 aromatic carbocycles. The molecule has 0 aliphatic heterocycles. The first-order valence-corrected chi connectivity index (χ1v) is 14.9. The number of nitrogens with zero attached hydrogens (tertiary/aromatic N) is 4.